The van der Waals surface area contributed by atoms with E-state index in [0.717, 1.165) is 18.0 Å². The van der Waals surface area contributed by atoms with Gasteiger partial charge < -0.3 is 18.9 Å². The van der Waals surface area contributed by atoms with Crippen LogP contribution in [0.5, 0.6) is 0 Å². The highest BCUT2D eigenvalue weighted by atomic mass is 16.7. The number of carbonyl (C=O) groups excluding carboxylic acids is 3. The molecular weight excluding hydrogens is 426 g/mol. The van der Waals surface area contributed by atoms with Crippen molar-refractivity contribution < 1.29 is 33.3 Å². The quantitative estimate of drug-likeness (QED) is 0.406. The van der Waals surface area contributed by atoms with Crippen molar-refractivity contribution in [2.24, 2.45) is 7.05 Å². The van der Waals surface area contributed by atoms with Crippen LogP contribution in [0.1, 0.15) is 46.0 Å². The molecule has 1 saturated heterocycles. The maximum Gasteiger partial charge on any atom is 0.303 e. The third-order valence-electron chi connectivity index (χ3n) is 4.81. The van der Waals surface area contributed by atoms with Gasteiger partial charge >= 0.3 is 17.9 Å². The molecule has 174 valence electrons. The van der Waals surface area contributed by atoms with Gasteiger partial charge in [0.15, 0.2) is 24.0 Å². The number of aromatic nitrogens is 5. The minimum atomic E-state index is -1.28. The highest BCUT2D eigenvalue weighted by molar-refractivity contribution is 5.75. The fraction of sp³-hybridized carbons (Fsp3) is 0.632. The van der Waals surface area contributed by atoms with Crippen LogP contribution in [-0.2, 0) is 46.8 Å². The highest BCUT2D eigenvalue weighted by Gasteiger charge is 2.51. The molecule has 1 aliphatic rings. The van der Waals surface area contributed by atoms with Crippen molar-refractivity contribution in [2.45, 2.75) is 65.1 Å². The summed E-state index contributed by atoms with van der Waals surface area (Å²) in [6.45, 7) is 5.22. The van der Waals surface area contributed by atoms with Gasteiger partial charge in [0, 0.05) is 27.8 Å². The molecule has 0 bridgehead atoms. The van der Waals surface area contributed by atoms with Gasteiger partial charge in [-0.25, -0.2) is 0 Å². The summed E-state index contributed by atoms with van der Waals surface area (Å²) in [6.07, 6.45) is -3.25. The van der Waals surface area contributed by atoms with Crippen molar-refractivity contribution >= 4 is 28.9 Å². The molecule has 0 aliphatic carbocycles. The number of aryl methyl sites for hydroxylation is 2. The van der Waals surface area contributed by atoms with Gasteiger partial charge in [-0.05, 0) is 6.42 Å². The topological polar surface area (TPSA) is 154 Å². The summed E-state index contributed by atoms with van der Waals surface area (Å²) < 4.78 is 23.8. The molecule has 0 amide bonds. The van der Waals surface area contributed by atoms with E-state index in [9.17, 15) is 19.2 Å². The van der Waals surface area contributed by atoms with Crippen LogP contribution in [0.15, 0.2) is 4.79 Å². The number of hydrogen-bond acceptors (Lipinski definition) is 11. The van der Waals surface area contributed by atoms with E-state index in [1.165, 1.54) is 18.5 Å². The number of esters is 3. The van der Waals surface area contributed by atoms with E-state index in [1.807, 2.05) is 6.92 Å². The standard InChI is InChI=1S/C19H25N5O8/c1-6-7-12-14-15(23(5)21-12)18(28)24(22-20-14)19-17(31-11(4)27)16(30-10(3)26)13(32-19)8-29-9(2)25/h13,16-17,19H,6-8H2,1-5H3. The Morgan fingerprint density at radius 3 is 2.31 bits per heavy atom. The second-order valence-electron chi connectivity index (χ2n) is 7.37. The summed E-state index contributed by atoms with van der Waals surface area (Å²) in [7, 11) is 1.61. The number of hydrogen-bond donors (Lipinski definition) is 0. The Bertz CT molecular complexity index is 1090. The van der Waals surface area contributed by atoms with Crippen LogP contribution in [0.25, 0.3) is 11.0 Å². The molecule has 0 N–H and O–H groups in total. The van der Waals surface area contributed by atoms with Crippen LogP contribution in [0, 0.1) is 0 Å². The SMILES string of the molecule is CCCc1nn(C)c2c(=O)n(C3OC(COC(C)=O)C(OC(C)=O)C3OC(C)=O)nnc12. The predicted molar refractivity (Wildman–Crippen MR) is 106 cm³/mol. The van der Waals surface area contributed by atoms with E-state index in [0.29, 0.717) is 17.6 Å². The molecule has 0 radical (unpaired) electrons. The van der Waals surface area contributed by atoms with Crippen molar-refractivity contribution in [3.05, 3.63) is 16.0 Å². The Labute approximate surface area is 182 Å². The predicted octanol–water partition coefficient (Wildman–Crippen LogP) is -0.199. The summed E-state index contributed by atoms with van der Waals surface area (Å²) >= 11 is 0. The summed E-state index contributed by atoms with van der Waals surface area (Å²) in [6, 6.07) is 0. The van der Waals surface area contributed by atoms with Crippen molar-refractivity contribution in [3.63, 3.8) is 0 Å². The number of ether oxygens (including phenoxy) is 4. The van der Waals surface area contributed by atoms with Crippen LogP contribution in [0.3, 0.4) is 0 Å². The van der Waals surface area contributed by atoms with Crippen LogP contribution in [0.4, 0.5) is 0 Å². The minimum absolute atomic E-state index is 0.195. The third-order valence-corrected chi connectivity index (χ3v) is 4.81. The first-order valence-corrected chi connectivity index (χ1v) is 10.1. The zero-order valence-electron chi connectivity index (χ0n) is 18.4. The van der Waals surface area contributed by atoms with Crippen molar-refractivity contribution in [1.29, 1.82) is 0 Å². The molecule has 0 saturated carbocycles. The normalized spacial score (nSPS) is 22.7. The van der Waals surface area contributed by atoms with Crippen LogP contribution < -0.4 is 5.56 Å². The maximum absolute atomic E-state index is 13.3. The Balaban J connectivity index is 2.07. The maximum atomic E-state index is 13.3. The monoisotopic (exact) mass is 451 g/mol. The summed E-state index contributed by atoms with van der Waals surface area (Å²) in [4.78, 5) is 48.0. The van der Waals surface area contributed by atoms with Gasteiger partial charge in [0.05, 0.1) is 5.69 Å². The number of rotatable bonds is 7. The van der Waals surface area contributed by atoms with Crippen LogP contribution >= 0.6 is 0 Å². The molecule has 0 spiro atoms. The van der Waals surface area contributed by atoms with Crippen molar-refractivity contribution in [1.82, 2.24) is 24.8 Å². The van der Waals surface area contributed by atoms with E-state index in [-0.39, 0.29) is 12.1 Å². The Kier molecular flexibility index (Phi) is 6.87. The van der Waals surface area contributed by atoms with Gasteiger partial charge in [-0.3, -0.25) is 23.9 Å². The molecule has 13 nitrogen and oxygen atoms in total. The Hall–Kier alpha value is -3.35. The molecule has 4 unspecified atom stereocenters. The second-order valence-corrected chi connectivity index (χ2v) is 7.37. The number of fused-ring (bicyclic) bond motifs is 1. The van der Waals surface area contributed by atoms with Crippen molar-refractivity contribution in [2.75, 3.05) is 6.61 Å². The number of carbonyl (C=O) groups is 3. The van der Waals surface area contributed by atoms with Crippen LogP contribution in [0.2, 0.25) is 0 Å². The first kappa shape index (κ1) is 23.3. The molecule has 1 fully saturated rings. The van der Waals surface area contributed by atoms with E-state index < -0.39 is 48.0 Å². The lowest BCUT2D eigenvalue weighted by Crippen LogP contribution is -2.42. The lowest BCUT2D eigenvalue weighted by molar-refractivity contribution is -0.166. The van der Waals surface area contributed by atoms with E-state index >= 15 is 0 Å². The summed E-state index contributed by atoms with van der Waals surface area (Å²) in [5.41, 5.74) is 0.618. The molecule has 2 aromatic rings. The van der Waals surface area contributed by atoms with Gasteiger partial charge in [-0.2, -0.15) is 9.78 Å². The summed E-state index contributed by atoms with van der Waals surface area (Å²) in [5.74, 6) is -1.95. The first-order chi connectivity index (χ1) is 15.1. The highest BCUT2D eigenvalue weighted by Crippen LogP contribution is 2.33. The zero-order chi connectivity index (χ0) is 23.6. The zero-order valence-corrected chi connectivity index (χ0v) is 18.4. The smallest absolute Gasteiger partial charge is 0.303 e. The Morgan fingerprint density at radius 2 is 1.72 bits per heavy atom. The molecule has 32 heavy (non-hydrogen) atoms. The average Bonchev–Trinajstić information content (AvgIpc) is 3.18. The van der Waals surface area contributed by atoms with Gasteiger partial charge in [-0.15, -0.1) is 5.10 Å². The van der Waals surface area contributed by atoms with Gasteiger partial charge in [0.1, 0.15) is 18.2 Å². The lowest BCUT2D eigenvalue weighted by atomic mass is 10.1. The molecule has 13 heteroatoms. The molecule has 1 aliphatic heterocycles. The fourth-order valence-corrected chi connectivity index (χ4v) is 3.62. The molecule has 3 heterocycles. The number of nitrogens with zero attached hydrogens (tertiary/aromatic N) is 5. The molecular formula is C19H25N5O8. The molecule has 2 aromatic heterocycles. The molecule has 4 atom stereocenters. The third kappa shape index (κ3) is 4.61. The van der Waals surface area contributed by atoms with E-state index in [2.05, 4.69) is 15.4 Å². The second kappa shape index (κ2) is 9.42. The summed E-state index contributed by atoms with van der Waals surface area (Å²) in [5, 5.41) is 12.5. The average molecular weight is 451 g/mol. The van der Waals surface area contributed by atoms with Gasteiger partial charge in [0.2, 0.25) is 0 Å². The first-order valence-electron chi connectivity index (χ1n) is 10.1. The largest absolute Gasteiger partial charge is 0.463 e. The van der Waals surface area contributed by atoms with Crippen LogP contribution in [-0.4, -0.2) is 67.6 Å². The minimum Gasteiger partial charge on any atom is -0.463 e. The van der Waals surface area contributed by atoms with E-state index in [1.54, 1.807) is 7.05 Å². The Morgan fingerprint density at radius 1 is 1.06 bits per heavy atom. The van der Waals surface area contributed by atoms with Crippen molar-refractivity contribution in [3.8, 4) is 0 Å². The van der Waals surface area contributed by atoms with Gasteiger partial charge in [0.25, 0.3) is 5.56 Å². The lowest BCUT2D eigenvalue weighted by Gasteiger charge is -2.23. The van der Waals surface area contributed by atoms with Gasteiger partial charge in [-0.1, -0.05) is 18.6 Å². The van der Waals surface area contributed by atoms with E-state index in [4.69, 9.17) is 18.9 Å². The fourth-order valence-electron chi connectivity index (χ4n) is 3.62. The molecule has 0 aromatic carbocycles. The molecule has 3 rings (SSSR count).